The molecule has 1 aromatic carbocycles. The summed E-state index contributed by atoms with van der Waals surface area (Å²) < 4.78 is 2.53. The first-order valence-electron chi connectivity index (χ1n) is 5.10. The van der Waals surface area contributed by atoms with Crippen molar-refractivity contribution >= 4 is 27.5 Å². The lowest BCUT2D eigenvalue weighted by Crippen LogP contribution is -1.97. The van der Waals surface area contributed by atoms with Gasteiger partial charge < -0.3 is 0 Å². The molecule has 86 valence electrons. The highest BCUT2D eigenvalue weighted by Gasteiger charge is 2.15. The zero-order valence-electron chi connectivity index (χ0n) is 9.11. The fourth-order valence-electron chi connectivity index (χ4n) is 1.58. The molecule has 0 aliphatic carbocycles. The van der Waals surface area contributed by atoms with Crippen molar-refractivity contribution in [2.24, 2.45) is 0 Å². The van der Waals surface area contributed by atoms with Gasteiger partial charge in [-0.3, -0.25) is 0 Å². The molecule has 0 N–H and O–H groups in total. The van der Waals surface area contributed by atoms with E-state index in [-0.39, 0.29) is 0 Å². The highest BCUT2D eigenvalue weighted by molar-refractivity contribution is 9.10. The van der Waals surface area contributed by atoms with Crippen LogP contribution in [-0.2, 0) is 6.42 Å². The normalized spacial score (nSPS) is 10.2. The van der Waals surface area contributed by atoms with Crippen LogP contribution in [0.3, 0.4) is 0 Å². The first-order chi connectivity index (χ1) is 8.17. The summed E-state index contributed by atoms with van der Waals surface area (Å²) in [6.07, 6.45) is 0.684. The molecule has 5 heteroatoms. The highest BCUT2D eigenvalue weighted by Crippen LogP contribution is 2.24. The molecule has 0 saturated carbocycles. The number of hydrogen-bond donors (Lipinski definition) is 0. The summed E-state index contributed by atoms with van der Waals surface area (Å²) in [5.41, 5.74) is 2.01. The van der Waals surface area contributed by atoms with Gasteiger partial charge in [-0.05, 0) is 24.6 Å². The van der Waals surface area contributed by atoms with E-state index in [1.54, 1.807) is 4.68 Å². The Bertz CT molecular complexity index is 598. The quantitative estimate of drug-likeness (QED) is 0.848. The van der Waals surface area contributed by atoms with Gasteiger partial charge in [0.05, 0.1) is 11.4 Å². The number of aromatic nitrogens is 2. The molecule has 1 aromatic heterocycles. The predicted octanol–water partition coefficient (Wildman–Crippen LogP) is 3.72. The van der Waals surface area contributed by atoms with Gasteiger partial charge in [-0.1, -0.05) is 40.5 Å². The molecule has 0 fully saturated rings. The maximum absolute atomic E-state index is 9.05. The summed E-state index contributed by atoms with van der Waals surface area (Å²) in [6.45, 7) is 1.95. The van der Waals surface area contributed by atoms with Gasteiger partial charge in [-0.2, -0.15) is 10.4 Å². The van der Waals surface area contributed by atoms with Crippen molar-refractivity contribution in [3.05, 3.63) is 45.1 Å². The van der Waals surface area contributed by atoms with E-state index in [4.69, 9.17) is 16.9 Å². The summed E-state index contributed by atoms with van der Waals surface area (Å²) in [5.74, 6) is 0. The van der Waals surface area contributed by atoms with Crippen LogP contribution in [0.5, 0.6) is 0 Å². The number of aryl methyl sites for hydroxylation is 1. The van der Waals surface area contributed by atoms with Gasteiger partial charge in [0.1, 0.15) is 11.6 Å². The van der Waals surface area contributed by atoms with Crippen LogP contribution in [-0.4, -0.2) is 9.78 Å². The Hall–Kier alpha value is -1.31. The second-order valence-corrected chi connectivity index (χ2v) is 4.74. The number of halogens is 2. The van der Waals surface area contributed by atoms with E-state index in [0.717, 1.165) is 15.9 Å². The zero-order chi connectivity index (χ0) is 12.4. The molecule has 1 heterocycles. The predicted molar refractivity (Wildman–Crippen MR) is 70.4 cm³/mol. The Kier molecular flexibility index (Phi) is 3.51. The molecule has 2 rings (SSSR count). The van der Waals surface area contributed by atoms with Gasteiger partial charge in [-0.25, -0.2) is 4.68 Å². The highest BCUT2D eigenvalue weighted by atomic mass is 79.9. The molecule has 0 aliphatic heterocycles. The van der Waals surface area contributed by atoms with Crippen molar-refractivity contribution < 1.29 is 0 Å². The monoisotopic (exact) mass is 309 g/mol. The molecule has 17 heavy (non-hydrogen) atoms. The third-order valence-electron chi connectivity index (χ3n) is 2.40. The smallest absolute Gasteiger partial charge is 0.150 e. The Morgan fingerprint density at radius 2 is 2.29 bits per heavy atom. The third kappa shape index (κ3) is 2.21. The summed E-state index contributed by atoms with van der Waals surface area (Å²) in [5, 5.41) is 13.8. The standard InChI is InChI=1S/C12H9BrClN3/c1-2-11-10(7-15)12(14)17(16-11)9-5-3-4-8(13)6-9/h3-6H,2H2,1H3. The van der Waals surface area contributed by atoms with Crippen LogP contribution in [0.1, 0.15) is 18.2 Å². The average Bonchev–Trinajstić information content (AvgIpc) is 2.65. The van der Waals surface area contributed by atoms with Gasteiger partial charge in [0.15, 0.2) is 5.15 Å². The lowest BCUT2D eigenvalue weighted by Gasteiger charge is -2.02. The van der Waals surface area contributed by atoms with Crippen LogP contribution in [0.2, 0.25) is 5.15 Å². The number of rotatable bonds is 2. The Balaban J connectivity index is 2.61. The van der Waals surface area contributed by atoms with Crippen molar-refractivity contribution in [3.8, 4) is 11.8 Å². The van der Waals surface area contributed by atoms with E-state index in [1.165, 1.54) is 0 Å². The maximum Gasteiger partial charge on any atom is 0.150 e. The second kappa shape index (κ2) is 4.91. The molecular weight excluding hydrogens is 302 g/mol. The number of benzene rings is 1. The second-order valence-electron chi connectivity index (χ2n) is 3.47. The summed E-state index contributed by atoms with van der Waals surface area (Å²) in [6, 6.07) is 9.71. The van der Waals surface area contributed by atoms with E-state index in [9.17, 15) is 0 Å². The van der Waals surface area contributed by atoms with Crippen molar-refractivity contribution in [2.75, 3.05) is 0 Å². The van der Waals surface area contributed by atoms with Crippen LogP contribution < -0.4 is 0 Å². The maximum atomic E-state index is 9.05. The fourth-order valence-corrected chi connectivity index (χ4v) is 2.25. The first-order valence-corrected chi connectivity index (χ1v) is 6.28. The number of hydrogen-bond acceptors (Lipinski definition) is 2. The van der Waals surface area contributed by atoms with Crippen LogP contribution in [0, 0.1) is 11.3 Å². The van der Waals surface area contributed by atoms with Crippen LogP contribution >= 0.6 is 27.5 Å². The molecule has 0 radical (unpaired) electrons. The molecule has 0 atom stereocenters. The SMILES string of the molecule is CCc1nn(-c2cccc(Br)c2)c(Cl)c1C#N. The Morgan fingerprint density at radius 3 is 2.82 bits per heavy atom. The molecule has 0 spiro atoms. The molecule has 3 nitrogen and oxygen atoms in total. The Labute approximate surface area is 113 Å². The van der Waals surface area contributed by atoms with Gasteiger partial charge in [0.2, 0.25) is 0 Å². The number of nitrogens with zero attached hydrogens (tertiary/aromatic N) is 3. The van der Waals surface area contributed by atoms with Gasteiger partial charge in [-0.15, -0.1) is 0 Å². The topological polar surface area (TPSA) is 41.6 Å². The lowest BCUT2D eigenvalue weighted by atomic mass is 10.2. The minimum absolute atomic E-state index is 0.363. The summed E-state index contributed by atoms with van der Waals surface area (Å²) in [7, 11) is 0. The molecule has 0 amide bonds. The van der Waals surface area contributed by atoms with Crippen molar-refractivity contribution in [1.29, 1.82) is 5.26 Å². The summed E-state index contributed by atoms with van der Waals surface area (Å²) >= 11 is 9.55. The first kappa shape index (κ1) is 12.2. The molecule has 0 aliphatic rings. The average molecular weight is 311 g/mol. The van der Waals surface area contributed by atoms with Gasteiger partial charge >= 0.3 is 0 Å². The zero-order valence-corrected chi connectivity index (χ0v) is 11.5. The van der Waals surface area contributed by atoms with E-state index in [1.807, 2.05) is 31.2 Å². The fraction of sp³-hybridized carbons (Fsp3) is 0.167. The van der Waals surface area contributed by atoms with Crippen molar-refractivity contribution in [3.63, 3.8) is 0 Å². The largest absolute Gasteiger partial charge is 0.220 e. The van der Waals surface area contributed by atoms with E-state index < -0.39 is 0 Å². The van der Waals surface area contributed by atoms with Crippen LogP contribution in [0.4, 0.5) is 0 Å². The minimum atomic E-state index is 0.363. The van der Waals surface area contributed by atoms with E-state index in [2.05, 4.69) is 27.1 Å². The molecule has 0 bridgehead atoms. The van der Waals surface area contributed by atoms with Gasteiger partial charge in [0, 0.05) is 4.47 Å². The molecular formula is C12H9BrClN3. The van der Waals surface area contributed by atoms with Crippen molar-refractivity contribution in [1.82, 2.24) is 9.78 Å². The molecule has 2 aromatic rings. The third-order valence-corrected chi connectivity index (χ3v) is 3.24. The number of nitriles is 1. The van der Waals surface area contributed by atoms with Crippen LogP contribution in [0.15, 0.2) is 28.7 Å². The lowest BCUT2D eigenvalue weighted by molar-refractivity contribution is 0.841. The minimum Gasteiger partial charge on any atom is -0.220 e. The molecule has 0 saturated heterocycles. The van der Waals surface area contributed by atoms with E-state index >= 15 is 0 Å². The molecule has 0 unspecified atom stereocenters. The Morgan fingerprint density at radius 1 is 1.53 bits per heavy atom. The van der Waals surface area contributed by atoms with E-state index in [0.29, 0.717) is 17.1 Å². The van der Waals surface area contributed by atoms with Gasteiger partial charge in [0.25, 0.3) is 0 Å². The summed E-state index contributed by atoms with van der Waals surface area (Å²) in [4.78, 5) is 0. The van der Waals surface area contributed by atoms with Crippen LogP contribution in [0.25, 0.3) is 5.69 Å². The van der Waals surface area contributed by atoms with Crippen molar-refractivity contribution in [2.45, 2.75) is 13.3 Å².